The minimum Gasteiger partial charge on any atom is -0.360 e. The van der Waals surface area contributed by atoms with Gasteiger partial charge in [-0.3, -0.25) is 9.59 Å². The van der Waals surface area contributed by atoms with Crippen molar-refractivity contribution in [3.8, 4) is 0 Å². The molecule has 1 aliphatic heterocycles. The number of rotatable bonds is 3. The maximum Gasteiger partial charge on any atom is 0.257 e. The van der Waals surface area contributed by atoms with Gasteiger partial charge >= 0.3 is 0 Å². The van der Waals surface area contributed by atoms with E-state index in [-0.39, 0.29) is 12.5 Å². The van der Waals surface area contributed by atoms with E-state index in [1.54, 1.807) is 44.3 Å². The van der Waals surface area contributed by atoms with E-state index in [1.165, 1.54) is 4.90 Å². The van der Waals surface area contributed by atoms with Gasteiger partial charge in [-0.1, -0.05) is 28.9 Å². The van der Waals surface area contributed by atoms with E-state index in [9.17, 15) is 9.59 Å². The van der Waals surface area contributed by atoms with Crippen LogP contribution in [0.3, 0.4) is 0 Å². The summed E-state index contributed by atoms with van der Waals surface area (Å²) in [7, 11) is 1.64. The van der Waals surface area contributed by atoms with Crippen molar-refractivity contribution in [2.24, 2.45) is 0 Å². The number of aryl methyl sites for hydroxylation is 1. The molecule has 2 aromatic rings. The smallest absolute Gasteiger partial charge is 0.257 e. The molecule has 3 rings (SSSR count). The van der Waals surface area contributed by atoms with Gasteiger partial charge in [-0.05, 0) is 24.6 Å². The van der Waals surface area contributed by atoms with Crippen LogP contribution in [-0.2, 0) is 14.3 Å². The van der Waals surface area contributed by atoms with Gasteiger partial charge in [0.25, 0.3) is 5.91 Å². The molecule has 0 unspecified atom stereocenters. The maximum absolute atomic E-state index is 12.6. The number of ether oxygens (including phenoxy) is 1. The molecule has 126 valence electrons. The third kappa shape index (κ3) is 3.27. The van der Waals surface area contributed by atoms with Gasteiger partial charge < -0.3 is 19.5 Å². The number of nitrogens with zero attached hydrogens (tertiary/aromatic N) is 2. The predicted molar refractivity (Wildman–Crippen MR) is 86.6 cm³/mol. The van der Waals surface area contributed by atoms with E-state index in [4.69, 9.17) is 20.9 Å². The Morgan fingerprint density at radius 1 is 1.38 bits per heavy atom. The lowest BCUT2D eigenvalue weighted by atomic mass is 9.97. The summed E-state index contributed by atoms with van der Waals surface area (Å²) < 4.78 is 10.4. The molecule has 1 aromatic carbocycles. The number of anilines is 1. The van der Waals surface area contributed by atoms with Crippen LogP contribution in [0, 0.1) is 6.92 Å². The Morgan fingerprint density at radius 3 is 2.71 bits per heavy atom. The first-order valence-electron chi connectivity index (χ1n) is 7.32. The number of hydrogen-bond acceptors (Lipinski definition) is 5. The lowest BCUT2D eigenvalue weighted by molar-refractivity contribution is -0.160. The fourth-order valence-corrected chi connectivity index (χ4v) is 2.74. The first-order valence-corrected chi connectivity index (χ1v) is 7.70. The Bertz CT molecular complexity index is 759. The number of carbonyl (C=O) groups is 2. The van der Waals surface area contributed by atoms with Crippen LogP contribution in [0.15, 0.2) is 34.9 Å². The summed E-state index contributed by atoms with van der Waals surface area (Å²) >= 11 is 5.91. The lowest BCUT2D eigenvalue weighted by Crippen LogP contribution is -2.51. The third-order valence-electron chi connectivity index (χ3n) is 3.83. The second kappa shape index (κ2) is 6.62. The summed E-state index contributed by atoms with van der Waals surface area (Å²) in [5, 5.41) is 6.95. The van der Waals surface area contributed by atoms with Crippen LogP contribution in [0.1, 0.15) is 17.4 Å². The minimum atomic E-state index is -0.870. The highest BCUT2D eigenvalue weighted by molar-refractivity contribution is 6.30. The van der Waals surface area contributed by atoms with E-state index in [0.717, 1.165) is 5.56 Å². The summed E-state index contributed by atoms with van der Waals surface area (Å²) in [6, 6.07) is 8.00. The van der Waals surface area contributed by atoms with Gasteiger partial charge in [0, 0.05) is 18.1 Å². The van der Waals surface area contributed by atoms with Crippen molar-refractivity contribution < 1.29 is 18.8 Å². The number of amides is 2. The van der Waals surface area contributed by atoms with Crippen molar-refractivity contribution in [1.29, 1.82) is 0 Å². The highest BCUT2D eigenvalue weighted by Gasteiger charge is 2.40. The lowest BCUT2D eigenvalue weighted by Gasteiger charge is -2.38. The molecule has 2 amide bonds. The summed E-state index contributed by atoms with van der Waals surface area (Å²) in [6.45, 7) is 1.57. The Kier molecular flexibility index (Phi) is 4.55. The van der Waals surface area contributed by atoms with Gasteiger partial charge in [0.05, 0.1) is 6.04 Å². The number of halogens is 1. The molecule has 1 aliphatic rings. The molecule has 1 fully saturated rings. The van der Waals surface area contributed by atoms with Crippen LogP contribution < -0.4 is 5.32 Å². The molecule has 0 radical (unpaired) electrons. The van der Waals surface area contributed by atoms with Gasteiger partial charge in [0.2, 0.25) is 5.91 Å². The molecule has 0 aliphatic carbocycles. The van der Waals surface area contributed by atoms with Crippen molar-refractivity contribution >= 4 is 29.2 Å². The number of aromatic nitrogens is 1. The molecule has 0 spiro atoms. The van der Waals surface area contributed by atoms with Crippen LogP contribution in [-0.4, -0.2) is 41.6 Å². The quantitative estimate of drug-likeness (QED) is 0.918. The predicted octanol–water partition coefficient (Wildman–Crippen LogP) is 2.17. The molecular formula is C16H16ClN3O4. The monoisotopic (exact) mass is 349 g/mol. The van der Waals surface area contributed by atoms with Crippen molar-refractivity contribution in [1.82, 2.24) is 10.1 Å². The van der Waals surface area contributed by atoms with Crippen molar-refractivity contribution in [3.05, 3.63) is 46.7 Å². The van der Waals surface area contributed by atoms with Gasteiger partial charge in [-0.2, -0.15) is 0 Å². The van der Waals surface area contributed by atoms with Crippen LogP contribution >= 0.6 is 11.6 Å². The number of hydrogen-bond donors (Lipinski definition) is 1. The molecule has 7 nitrogen and oxygen atoms in total. The molecule has 1 saturated heterocycles. The molecule has 2 heterocycles. The second-order valence-corrected chi connectivity index (χ2v) is 5.98. The average Bonchev–Trinajstić information content (AvgIpc) is 2.96. The first-order chi connectivity index (χ1) is 11.5. The molecule has 0 bridgehead atoms. The van der Waals surface area contributed by atoms with Gasteiger partial charge in [0.15, 0.2) is 11.9 Å². The van der Waals surface area contributed by atoms with E-state index in [1.807, 2.05) is 0 Å². The zero-order valence-corrected chi connectivity index (χ0v) is 13.9. The van der Waals surface area contributed by atoms with Crippen molar-refractivity contribution in [2.45, 2.75) is 19.1 Å². The normalized spacial score (nSPS) is 21.0. The molecule has 0 saturated carbocycles. The SMILES string of the molecule is Cc1cc(NC(=O)[C@@H]2OCC(=O)N(C)[C@@H]2c2ccc(Cl)cc2)no1. The maximum atomic E-state index is 12.6. The first kappa shape index (κ1) is 16.5. The number of benzene rings is 1. The Balaban J connectivity index is 1.86. The zero-order valence-electron chi connectivity index (χ0n) is 13.2. The number of nitrogens with one attached hydrogen (secondary N) is 1. The number of carbonyl (C=O) groups excluding carboxylic acids is 2. The van der Waals surface area contributed by atoms with E-state index >= 15 is 0 Å². The van der Waals surface area contributed by atoms with Gasteiger partial charge in [-0.25, -0.2) is 0 Å². The average molecular weight is 350 g/mol. The van der Waals surface area contributed by atoms with Crippen LogP contribution in [0.25, 0.3) is 0 Å². The highest BCUT2D eigenvalue weighted by Crippen LogP contribution is 2.30. The number of likely N-dealkylation sites (N-methyl/N-ethyl adjacent to an activating group) is 1. The van der Waals surface area contributed by atoms with E-state index in [2.05, 4.69) is 10.5 Å². The standard InChI is InChI=1S/C16H16ClN3O4/c1-9-7-12(19-24-9)18-16(22)15-14(20(2)13(21)8-23-15)10-3-5-11(17)6-4-10/h3-7,14-15H,8H2,1-2H3,(H,18,19,22)/t14-,15-/m1/s1. The molecule has 1 N–H and O–H groups in total. The Hall–Kier alpha value is -2.38. The second-order valence-electron chi connectivity index (χ2n) is 5.54. The largest absolute Gasteiger partial charge is 0.360 e. The zero-order chi connectivity index (χ0) is 17.3. The number of morpholine rings is 1. The van der Waals surface area contributed by atoms with Crippen LogP contribution in [0.2, 0.25) is 5.02 Å². The topological polar surface area (TPSA) is 84.7 Å². The molecular weight excluding hydrogens is 334 g/mol. The van der Waals surface area contributed by atoms with E-state index in [0.29, 0.717) is 16.6 Å². The molecule has 24 heavy (non-hydrogen) atoms. The van der Waals surface area contributed by atoms with Crippen LogP contribution in [0.4, 0.5) is 5.82 Å². The molecule has 1 aromatic heterocycles. The van der Waals surface area contributed by atoms with Crippen molar-refractivity contribution in [2.75, 3.05) is 19.0 Å². The van der Waals surface area contributed by atoms with Gasteiger partial charge in [0.1, 0.15) is 12.4 Å². The summed E-state index contributed by atoms with van der Waals surface area (Å²) in [5.74, 6) is 0.283. The molecule has 2 atom stereocenters. The highest BCUT2D eigenvalue weighted by atomic mass is 35.5. The van der Waals surface area contributed by atoms with Crippen LogP contribution in [0.5, 0.6) is 0 Å². The van der Waals surface area contributed by atoms with Crippen molar-refractivity contribution in [3.63, 3.8) is 0 Å². The van der Waals surface area contributed by atoms with Gasteiger partial charge in [-0.15, -0.1) is 0 Å². The summed E-state index contributed by atoms with van der Waals surface area (Å²) in [4.78, 5) is 26.1. The third-order valence-corrected chi connectivity index (χ3v) is 4.08. The summed E-state index contributed by atoms with van der Waals surface area (Å²) in [6.07, 6.45) is -0.870. The Morgan fingerprint density at radius 2 is 2.08 bits per heavy atom. The fraction of sp³-hybridized carbons (Fsp3) is 0.312. The Labute approximate surface area is 143 Å². The minimum absolute atomic E-state index is 0.156. The van der Waals surface area contributed by atoms with E-state index < -0.39 is 18.1 Å². The molecule has 8 heteroatoms. The fourth-order valence-electron chi connectivity index (χ4n) is 2.61. The summed E-state index contributed by atoms with van der Waals surface area (Å²) in [5.41, 5.74) is 0.756.